The molecule has 1 aliphatic rings. The normalized spacial score (nSPS) is 29.2. The zero-order chi connectivity index (χ0) is 12.0. The zero-order valence-corrected chi connectivity index (χ0v) is 11.4. The molecule has 1 rings (SSSR count). The Labute approximate surface area is 102 Å². The molecule has 0 aromatic carbocycles. The lowest BCUT2D eigenvalue weighted by atomic mass is 9.96. The molecule has 3 atom stereocenters. The second-order valence-electron chi connectivity index (χ2n) is 5.57. The number of nitrogens with zero attached hydrogens (tertiary/aromatic N) is 1. The monoisotopic (exact) mass is 226 g/mol. The lowest BCUT2D eigenvalue weighted by molar-refractivity contribution is 0.0980. The molecular formula is C14H30N2. The van der Waals surface area contributed by atoms with Crippen molar-refractivity contribution in [1.82, 2.24) is 4.90 Å². The van der Waals surface area contributed by atoms with Gasteiger partial charge < -0.3 is 5.73 Å². The highest BCUT2D eigenvalue weighted by molar-refractivity contribution is 4.83. The van der Waals surface area contributed by atoms with Gasteiger partial charge in [-0.15, -0.1) is 0 Å². The van der Waals surface area contributed by atoms with Gasteiger partial charge in [0.15, 0.2) is 0 Å². The van der Waals surface area contributed by atoms with Crippen LogP contribution in [0.15, 0.2) is 0 Å². The third-order valence-electron chi connectivity index (χ3n) is 4.01. The quantitative estimate of drug-likeness (QED) is 0.705. The van der Waals surface area contributed by atoms with Crippen LogP contribution < -0.4 is 5.73 Å². The number of piperidine rings is 1. The fraction of sp³-hybridized carbons (Fsp3) is 1.00. The summed E-state index contributed by atoms with van der Waals surface area (Å²) < 4.78 is 0. The lowest BCUT2D eigenvalue weighted by Gasteiger charge is -2.40. The van der Waals surface area contributed by atoms with Crippen molar-refractivity contribution in [3.05, 3.63) is 0 Å². The van der Waals surface area contributed by atoms with Crippen molar-refractivity contribution in [2.75, 3.05) is 6.54 Å². The Morgan fingerprint density at radius 3 is 2.69 bits per heavy atom. The molecule has 1 heterocycles. The van der Waals surface area contributed by atoms with Crippen LogP contribution in [-0.2, 0) is 0 Å². The van der Waals surface area contributed by atoms with Gasteiger partial charge in [-0.3, -0.25) is 4.90 Å². The van der Waals surface area contributed by atoms with Gasteiger partial charge in [-0.2, -0.15) is 0 Å². The summed E-state index contributed by atoms with van der Waals surface area (Å²) in [5.41, 5.74) is 6.00. The predicted octanol–water partition coefficient (Wildman–Crippen LogP) is 3.16. The smallest absolute Gasteiger partial charge is 0.00844 e. The lowest BCUT2D eigenvalue weighted by Crippen LogP contribution is -2.49. The summed E-state index contributed by atoms with van der Waals surface area (Å²) >= 11 is 0. The number of rotatable bonds is 6. The number of unbranched alkanes of at least 4 members (excludes halogenated alkanes) is 3. The van der Waals surface area contributed by atoms with Crippen LogP contribution in [0.2, 0.25) is 0 Å². The maximum absolute atomic E-state index is 6.00. The van der Waals surface area contributed by atoms with Gasteiger partial charge in [-0.25, -0.2) is 0 Å². The predicted molar refractivity (Wildman–Crippen MR) is 71.6 cm³/mol. The van der Waals surface area contributed by atoms with E-state index in [1.807, 2.05) is 0 Å². The van der Waals surface area contributed by atoms with Gasteiger partial charge in [0.25, 0.3) is 0 Å². The van der Waals surface area contributed by atoms with E-state index in [1.165, 1.54) is 51.5 Å². The minimum absolute atomic E-state index is 0.443. The summed E-state index contributed by atoms with van der Waals surface area (Å²) in [6, 6.07) is 1.88. The minimum atomic E-state index is 0.443. The van der Waals surface area contributed by atoms with E-state index < -0.39 is 0 Å². The first kappa shape index (κ1) is 14.0. The first-order chi connectivity index (χ1) is 7.65. The number of nitrogens with two attached hydrogens (primary N) is 1. The SMILES string of the molecule is CCCCCCC(C)N1CCC(N)CC1C. The van der Waals surface area contributed by atoms with E-state index in [-0.39, 0.29) is 0 Å². The van der Waals surface area contributed by atoms with Gasteiger partial charge in [0.05, 0.1) is 0 Å². The number of likely N-dealkylation sites (tertiary alicyclic amines) is 1. The highest BCUT2D eigenvalue weighted by Gasteiger charge is 2.26. The third kappa shape index (κ3) is 4.42. The maximum atomic E-state index is 6.00. The Morgan fingerprint density at radius 1 is 1.31 bits per heavy atom. The third-order valence-corrected chi connectivity index (χ3v) is 4.01. The molecular weight excluding hydrogens is 196 g/mol. The van der Waals surface area contributed by atoms with E-state index in [2.05, 4.69) is 25.7 Å². The van der Waals surface area contributed by atoms with Gasteiger partial charge in [-0.1, -0.05) is 32.6 Å². The summed E-state index contributed by atoms with van der Waals surface area (Å²) in [4.78, 5) is 2.66. The average molecular weight is 226 g/mol. The Balaban J connectivity index is 2.22. The standard InChI is InChI=1S/C14H30N2/c1-4-5-6-7-8-12(2)16-10-9-14(15)11-13(16)3/h12-14H,4-11,15H2,1-3H3. The van der Waals surface area contributed by atoms with E-state index in [9.17, 15) is 0 Å². The molecule has 2 heteroatoms. The Hall–Kier alpha value is -0.0800. The number of hydrogen-bond donors (Lipinski definition) is 1. The van der Waals surface area contributed by atoms with Crippen molar-refractivity contribution in [1.29, 1.82) is 0 Å². The highest BCUT2D eigenvalue weighted by Crippen LogP contribution is 2.21. The molecule has 2 N–H and O–H groups in total. The van der Waals surface area contributed by atoms with Gasteiger partial charge in [0.2, 0.25) is 0 Å². The van der Waals surface area contributed by atoms with Crippen LogP contribution in [0.3, 0.4) is 0 Å². The van der Waals surface area contributed by atoms with Crippen molar-refractivity contribution in [2.24, 2.45) is 5.73 Å². The molecule has 1 fully saturated rings. The summed E-state index contributed by atoms with van der Waals surface area (Å²) in [7, 11) is 0. The topological polar surface area (TPSA) is 29.3 Å². The highest BCUT2D eigenvalue weighted by atomic mass is 15.2. The molecule has 0 amide bonds. The molecule has 0 aromatic heterocycles. The first-order valence-electron chi connectivity index (χ1n) is 7.16. The van der Waals surface area contributed by atoms with E-state index in [4.69, 9.17) is 5.73 Å². The van der Waals surface area contributed by atoms with E-state index in [0.29, 0.717) is 12.1 Å². The second-order valence-corrected chi connectivity index (χ2v) is 5.57. The summed E-state index contributed by atoms with van der Waals surface area (Å²) in [6.07, 6.45) is 9.26. The minimum Gasteiger partial charge on any atom is -0.328 e. The number of hydrogen-bond acceptors (Lipinski definition) is 2. The molecule has 0 aliphatic carbocycles. The average Bonchev–Trinajstić information content (AvgIpc) is 2.24. The van der Waals surface area contributed by atoms with E-state index >= 15 is 0 Å². The van der Waals surface area contributed by atoms with Crippen LogP contribution in [0.4, 0.5) is 0 Å². The van der Waals surface area contributed by atoms with Gasteiger partial charge >= 0.3 is 0 Å². The van der Waals surface area contributed by atoms with Crippen LogP contribution in [0.5, 0.6) is 0 Å². The van der Waals surface area contributed by atoms with Crippen molar-refractivity contribution < 1.29 is 0 Å². The van der Waals surface area contributed by atoms with Crippen molar-refractivity contribution in [2.45, 2.75) is 83.8 Å². The Bertz CT molecular complexity index is 182. The molecule has 16 heavy (non-hydrogen) atoms. The molecule has 0 bridgehead atoms. The van der Waals surface area contributed by atoms with Crippen molar-refractivity contribution in [3.63, 3.8) is 0 Å². The fourth-order valence-electron chi connectivity index (χ4n) is 2.91. The summed E-state index contributed by atoms with van der Waals surface area (Å²) in [5, 5.41) is 0. The van der Waals surface area contributed by atoms with Gasteiger partial charge in [-0.05, 0) is 33.1 Å². The summed E-state index contributed by atoms with van der Waals surface area (Å²) in [6.45, 7) is 8.20. The van der Waals surface area contributed by atoms with Crippen LogP contribution >= 0.6 is 0 Å². The largest absolute Gasteiger partial charge is 0.328 e. The van der Waals surface area contributed by atoms with Crippen LogP contribution in [-0.4, -0.2) is 29.6 Å². The van der Waals surface area contributed by atoms with Crippen molar-refractivity contribution >= 4 is 0 Å². The summed E-state index contributed by atoms with van der Waals surface area (Å²) in [5.74, 6) is 0. The Morgan fingerprint density at radius 2 is 2.06 bits per heavy atom. The zero-order valence-electron chi connectivity index (χ0n) is 11.4. The van der Waals surface area contributed by atoms with Crippen LogP contribution in [0.1, 0.15) is 65.7 Å². The molecule has 0 aromatic rings. The molecule has 0 saturated carbocycles. The van der Waals surface area contributed by atoms with Gasteiger partial charge in [0, 0.05) is 24.7 Å². The fourth-order valence-corrected chi connectivity index (χ4v) is 2.91. The van der Waals surface area contributed by atoms with Crippen LogP contribution in [0.25, 0.3) is 0 Å². The maximum Gasteiger partial charge on any atom is 0.00844 e. The Kier molecular flexibility index (Phi) is 6.37. The van der Waals surface area contributed by atoms with Gasteiger partial charge in [0.1, 0.15) is 0 Å². The van der Waals surface area contributed by atoms with E-state index in [1.54, 1.807) is 0 Å². The molecule has 0 spiro atoms. The van der Waals surface area contributed by atoms with Crippen molar-refractivity contribution in [3.8, 4) is 0 Å². The molecule has 96 valence electrons. The van der Waals surface area contributed by atoms with Crippen LogP contribution in [0, 0.1) is 0 Å². The second kappa shape index (κ2) is 7.29. The molecule has 1 saturated heterocycles. The molecule has 2 nitrogen and oxygen atoms in total. The molecule has 0 radical (unpaired) electrons. The first-order valence-corrected chi connectivity index (χ1v) is 7.16. The molecule has 3 unspecified atom stereocenters. The molecule has 1 aliphatic heterocycles. The van der Waals surface area contributed by atoms with E-state index in [0.717, 1.165) is 6.04 Å².